The lowest BCUT2D eigenvalue weighted by atomic mass is 9.97. The highest BCUT2D eigenvalue weighted by Gasteiger charge is 2.47. The zero-order chi connectivity index (χ0) is 14.3. The lowest BCUT2D eigenvalue weighted by Crippen LogP contribution is -2.36. The minimum Gasteiger partial charge on any atom is -0.487 e. The SMILES string of the molecule is CC1(C)CC(Oc2ccc(Cl)cc2CCl)C(C)(C)O1. The van der Waals surface area contributed by atoms with E-state index < -0.39 is 0 Å². The summed E-state index contributed by atoms with van der Waals surface area (Å²) < 4.78 is 12.2. The highest BCUT2D eigenvalue weighted by atomic mass is 35.5. The predicted molar refractivity (Wildman–Crippen MR) is 79.3 cm³/mol. The van der Waals surface area contributed by atoms with Gasteiger partial charge in [-0.05, 0) is 45.9 Å². The Kier molecular flexibility index (Phi) is 4.06. The molecule has 0 bridgehead atoms. The minimum absolute atomic E-state index is 0.00522. The van der Waals surface area contributed by atoms with Gasteiger partial charge in [-0.1, -0.05) is 11.6 Å². The number of rotatable bonds is 3. The smallest absolute Gasteiger partial charge is 0.130 e. The molecule has 1 aromatic rings. The molecule has 1 unspecified atom stereocenters. The fourth-order valence-electron chi connectivity index (χ4n) is 2.62. The number of ether oxygens (including phenoxy) is 2. The first-order chi connectivity index (χ1) is 8.73. The fraction of sp³-hybridized carbons (Fsp3) is 0.600. The van der Waals surface area contributed by atoms with Gasteiger partial charge in [0.15, 0.2) is 0 Å². The third-order valence-corrected chi connectivity index (χ3v) is 3.95. The molecule has 106 valence electrons. The van der Waals surface area contributed by atoms with Crippen molar-refractivity contribution in [2.24, 2.45) is 0 Å². The van der Waals surface area contributed by atoms with Crippen molar-refractivity contribution in [2.45, 2.75) is 57.3 Å². The van der Waals surface area contributed by atoms with Crippen molar-refractivity contribution in [3.05, 3.63) is 28.8 Å². The van der Waals surface area contributed by atoms with Crippen molar-refractivity contribution < 1.29 is 9.47 Å². The molecule has 1 fully saturated rings. The number of benzene rings is 1. The maximum Gasteiger partial charge on any atom is 0.130 e. The molecule has 0 saturated carbocycles. The Balaban J connectivity index is 2.22. The van der Waals surface area contributed by atoms with Crippen LogP contribution in [-0.4, -0.2) is 17.3 Å². The summed E-state index contributed by atoms with van der Waals surface area (Å²) in [7, 11) is 0. The maximum absolute atomic E-state index is 6.14. The van der Waals surface area contributed by atoms with Crippen LogP contribution in [0, 0.1) is 0 Å². The normalized spacial score (nSPS) is 24.4. The van der Waals surface area contributed by atoms with Crippen LogP contribution in [0.2, 0.25) is 5.02 Å². The topological polar surface area (TPSA) is 18.5 Å². The maximum atomic E-state index is 6.14. The molecule has 0 spiro atoms. The Labute approximate surface area is 125 Å². The van der Waals surface area contributed by atoms with Crippen LogP contribution in [-0.2, 0) is 10.6 Å². The molecular formula is C15H20Cl2O2. The van der Waals surface area contributed by atoms with E-state index >= 15 is 0 Å². The molecule has 1 saturated heterocycles. The van der Waals surface area contributed by atoms with Crippen molar-refractivity contribution in [3.63, 3.8) is 0 Å². The molecule has 1 aromatic carbocycles. The number of hydrogen-bond acceptors (Lipinski definition) is 2. The number of halogens is 2. The van der Waals surface area contributed by atoms with Crippen LogP contribution in [0.3, 0.4) is 0 Å². The van der Waals surface area contributed by atoms with Gasteiger partial charge in [0.2, 0.25) is 0 Å². The molecule has 0 N–H and O–H groups in total. The first-order valence-electron chi connectivity index (χ1n) is 6.45. The molecule has 1 atom stereocenters. The van der Waals surface area contributed by atoms with E-state index in [0.717, 1.165) is 17.7 Å². The first-order valence-corrected chi connectivity index (χ1v) is 7.36. The molecule has 1 aliphatic heterocycles. The average Bonchev–Trinajstić information content (AvgIpc) is 2.49. The van der Waals surface area contributed by atoms with Crippen LogP contribution in [0.25, 0.3) is 0 Å². The summed E-state index contributed by atoms with van der Waals surface area (Å²) in [5.41, 5.74) is 0.434. The zero-order valence-electron chi connectivity index (χ0n) is 11.8. The molecule has 1 heterocycles. The molecule has 0 radical (unpaired) electrons. The van der Waals surface area contributed by atoms with Crippen LogP contribution in [0.4, 0.5) is 0 Å². The fourth-order valence-corrected chi connectivity index (χ4v) is 3.02. The van der Waals surface area contributed by atoms with Gasteiger partial charge in [0.25, 0.3) is 0 Å². The molecule has 19 heavy (non-hydrogen) atoms. The van der Waals surface area contributed by atoms with Crippen molar-refractivity contribution in [3.8, 4) is 5.75 Å². The molecule has 0 aromatic heterocycles. The van der Waals surface area contributed by atoms with Gasteiger partial charge >= 0.3 is 0 Å². The van der Waals surface area contributed by atoms with Crippen molar-refractivity contribution in [2.75, 3.05) is 0 Å². The molecule has 0 amide bonds. The van der Waals surface area contributed by atoms with Crippen LogP contribution in [0.5, 0.6) is 5.75 Å². The monoisotopic (exact) mass is 302 g/mol. The quantitative estimate of drug-likeness (QED) is 0.746. The van der Waals surface area contributed by atoms with Gasteiger partial charge in [0.1, 0.15) is 17.5 Å². The summed E-state index contributed by atoms with van der Waals surface area (Å²) in [6.07, 6.45) is 0.857. The van der Waals surface area contributed by atoms with Crippen molar-refractivity contribution >= 4 is 23.2 Å². The summed E-state index contributed by atoms with van der Waals surface area (Å²) in [6, 6.07) is 5.54. The predicted octanol–water partition coefficient (Wildman–Crippen LogP) is 4.80. The lowest BCUT2D eigenvalue weighted by Gasteiger charge is -2.28. The van der Waals surface area contributed by atoms with Gasteiger partial charge in [0, 0.05) is 17.0 Å². The van der Waals surface area contributed by atoms with Crippen LogP contribution < -0.4 is 4.74 Å². The molecule has 4 heteroatoms. The van der Waals surface area contributed by atoms with E-state index in [2.05, 4.69) is 27.7 Å². The third kappa shape index (κ3) is 3.36. The Morgan fingerprint density at radius 3 is 2.53 bits per heavy atom. The second-order valence-corrected chi connectivity index (χ2v) is 6.87. The highest BCUT2D eigenvalue weighted by Crippen LogP contribution is 2.40. The van der Waals surface area contributed by atoms with E-state index in [0.29, 0.717) is 10.9 Å². The Bertz CT molecular complexity index is 469. The van der Waals surface area contributed by atoms with Gasteiger partial charge in [0.05, 0.1) is 11.5 Å². The van der Waals surface area contributed by atoms with Gasteiger partial charge in [-0.25, -0.2) is 0 Å². The molecule has 1 aliphatic rings. The summed E-state index contributed by atoms with van der Waals surface area (Å²) in [4.78, 5) is 0. The Hall–Kier alpha value is -0.440. The molecule has 2 rings (SSSR count). The van der Waals surface area contributed by atoms with E-state index in [4.69, 9.17) is 32.7 Å². The highest BCUT2D eigenvalue weighted by molar-refractivity contribution is 6.30. The Morgan fingerprint density at radius 2 is 2.00 bits per heavy atom. The van der Waals surface area contributed by atoms with Gasteiger partial charge in [-0.2, -0.15) is 0 Å². The van der Waals surface area contributed by atoms with E-state index in [1.54, 1.807) is 0 Å². The van der Waals surface area contributed by atoms with Crippen LogP contribution in [0.15, 0.2) is 18.2 Å². The molecular weight excluding hydrogens is 283 g/mol. The standard InChI is InChI=1S/C15H20Cl2O2/c1-14(2)8-13(15(3,4)19-14)18-12-6-5-11(17)7-10(12)9-16/h5-7,13H,8-9H2,1-4H3. The Morgan fingerprint density at radius 1 is 1.32 bits per heavy atom. The van der Waals surface area contributed by atoms with Crippen molar-refractivity contribution in [1.82, 2.24) is 0 Å². The van der Waals surface area contributed by atoms with Gasteiger partial charge < -0.3 is 9.47 Å². The zero-order valence-corrected chi connectivity index (χ0v) is 13.3. The van der Waals surface area contributed by atoms with Crippen LogP contribution >= 0.6 is 23.2 Å². The first kappa shape index (κ1) is 15.0. The van der Waals surface area contributed by atoms with E-state index in [-0.39, 0.29) is 17.3 Å². The third-order valence-electron chi connectivity index (χ3n) is 3.43. The van der Waals surface area contributed by atoms with Gasteiger partial charge in [-0.3, -0.25) is 0 Å². The summed E-state index contributed by atoms with van der Waals surface area (Å²) in [5, 5.41) is 0.672. The largest absolute Gasteiger partial charge is 0.487 e. The molecule has 2 nitrogen and oxygen atoms in total. The summed E-state index contributed by atoms with van der Waals surface area (Å²) in [5.74, 6) is 1.17. The van der Waals surface area contributed by atoms with E-state index in [1.807, 2.05) is 18.2 Å². The second kappa shape index (κ2) is 5.16. The summed E-state index contributed by atoms with van der Waals surface area (Å²) >= 11 is 11.9. The van der Waals surface area contributed by atoms with Gasteiger partial charge in [-0.15, -0.1) is 11.6 Å². The van der Waals surface area contributed by atoms with E-state index in [9.17, 15) is 0 Å². The second-order valence-electron chi connectivity index (χ2n) is 6.16. The molecule has 0 aliphatic carbocycles. The average molecular weight is 303 g/mol. The number of hydrogen-bond donors (Lipinski definition) is 0. The minimum atomic E-state index is -0.313. The van der Waals surface area contributed by atoms with Crippen molar-refractivity contribution in [1.29, 1.82) is 0 Å². The summed E-state index contributed by atoms with van der Waals surface area (Å²) in [6.45, 7) is 8.29. The van der Waals surface area contributed by atoms with Crippen LogP contribution in [0.1, 0.15) is 39.7 Å². The number of alkyl halides is 1. The lowest BCUT2D eigenvalue weighted by molar-refractivity contribution is -0.0846. The van der Waals surface area contributed by atoms with E-state index in [1.165, 1.54) is 0 Å².